The van der Waals surface area contributed by atoms with Crippen molar-refractivity contribution in [3.63, 3.8) is 0 Å². The van der Waals surface area contributed by atoms with Crippen molar-refractivity contribution >= 4 is 11.8 Å². The van der Waals surface area contributed by atoms with E-state index in [1.165, 1.54) is 121 Å². The van der Waals surface area contributed by atoms with Crippen LogP contribution in [0.2, 0.25) is 0 Å². The van der Waals surface area contributed by atoms with Crippen molar-refractivity contribution in [1.29, 1.82) is 0 Å². The first-order chi connectivity index (χ1) is 48.4. The van der Waals surface area contributed by atoms with E-state index in [4.69, 9.17) is 9.47 Å². The SMILES string of the molecule is CC(C)C(F)(F)C1CCC1.CC(C)CC1(C)CC1.CC(C)CC1(F)CC1.CC(C)CC1(F)CCC1.CC(C)CC1C=CCC1.CC(C)CC1CC(F)(F)C1.CC(C)CC1CC1(F)F.CC(C)CC1CCC1.CC(C)CC1CSC1.CCCC(C)C.CCCCC(C)C.COCC(C)C.COCCC(C)C. The molecule has 105 heavy (non-hydrogen) atoms. The average Bonchev–Trinajstić information content (AvgIpc) is 1.70. The quantitative estimate of drug-likeness (QED) is 0.0575. The van der Waals surface area contributed by atoms with E-state index in [1.807, 2.05) is 13.8 Å². The summed E-state index contributed by atoms with van der Waals surface area (Å²) < 4.78 is 110. The Hall–Kier alpha value is -0.550. The van der Waals surface area contributed by atoms with Gasteiger partial charge in [-0.05, 0) is 240 Å². The molecule has 0 spiro atoms. The molecule has 8 aliphatic carbocycles. The van der Waals surface area contributed by atoms with Gasteiger partial charge >= 0.3 is 0 Å². The highest BCUT2D eigenvalue weighted by molar-refractivity contribution is 8.00. The van der Waals surface area contributed by atoms with Gasteiger partial charge in [0.05, 0.1) is 0 Å². The third-order valence-corrected chi connectivity index (χ3v) is 21.9. The standard InChI is InChI=1S/C9H16.2C8H14F2.C8H15F.2C8H16.C7H12F2.C7H13F.C7H14S.C7H16.C6H14O.C6H14.C5H12O/c1-8(2)7-9-5-3-4-6-9;1-6(2)3-7-4-8(9,10)5-7;1-6(2)8(9,10)7-4-3-5-7;1-7(2)6-8(9)4-3-5-8;1-7(2)6-8(3)4-5-8;1-7(2)6-8-4-3-5-8;1-5(2)3-6-4-7(6,8)9;1-6(2)5-7(8)3-4-7;1-6(2)3-7-4-8-5-7;1-4-5-6-7(2)3;1-6(2)4-5-7-3;1-4-5-6(2)3;1-5(2)4-6-3/h3,5,8-9H,4,6-7H2,1-2H3;2*6-7H,3-5H2,1-2H3;7H,3-6H2,1-2H3;7H,4-6H2,1-3H3;7-8H,3-6H2,1-2H3;5-6H,3-4H2,1-2H3;6H,3-5H2,1-2H3;6-7H,3-5H2,1-2H3;7H,4-6H2,1-3H3;6H,4-5H2,1-3H3;6H,4-5H2,1-3H3;5H,4H2,1-3H3. The smallest absolute Gasteiger partial charge is 0.253 e. The fraction of sp³-hybridized carbons (Fsp3) is 0.979. The van der Waals surface area contributed by atoms with E-state index in [9.17, 15) is 35.1 Å². The van der Waals surface area contributed by atoms with Crippen LogP contribution in [0.15, 0.2) is 12.2 Å². The number of methoxy groups -OCH3 is 2. The molecule has 2 unspecified atom stereocenters. The fourth-order valence-corrected chi connectivity index (χ4v) is 14.6. The van der Waals surface area contributed by atoms with Gasteiger partial charge in [0.1, 0.15) is 11.3 Å². The second-order valence-corrected chi connectivity index (χ2v) is 40.9. The summed E-state index contributed by atoms with van der Waals surface area (Å²) in [5, 5.41) is 0. The van der Waals surface area contributed by atoms with Crippen LogP contribution < -0.4 is 0 Å². The molecule has 1 heterocycles. The maximum Gasteiger partial charge on any atom is 0.253 e. The Morgan fingerprint density at radius 2 is 0.857 bits per heavy atom. The number of ether oxygens (including phenoxy) is 2. The number of alkyl halides is 8. The Morgan fingerprint density at radius 3 is 1.00 bits per heavy atom. The van der Waals surface area contributed by atoms with Crippen molar-refractivity contribution in [3.8, 4) is 0 Å². The number of thioether (sulfide) groups is 1. The third kappa shape index (κ3) is 71.0. The third-order valence-electron chi connectivity index (χ3n) is 20.5. The molecular weight excluding hydrogens is 1350 g/mol. The highest BCUT2D eigenvalue weighted by Gasteiger charge is 2.56. The minimum Gasteiger partial charge on any atom is -0.385 e. The van der Waals surface area contributed by atoms with Crippen molar-refractivity contribution < 1.29 is 44.6 Å². The highest BCUT2D eigenvalue weighted by atomic mass is 32.2. The number of unbranched alkanes of at least 4 members (excludes halogenated alkanes) is 1. The molecular formula is C94H186F8O2S. The fourth-order valence-electron chi connectivity index (χ4n) is 13.8. The molecule has 7 saturated carbocycles. The van der Waals surface area contributed by atoms with Gasteiger partial charge in [-0.15, -0.1) is 0 Å². The normalized spacial score (nSPS) is 20.8. The number of halogens is 8. The highest BCUT2D eigenvalue weighted by Crippen LogP contribution is 2.52. The van der Waals surface area contributed by atoms with Crippen LogP contribution in [-0.4, -0.2) is 68.0 Å². The first kappa shape index (κ1) is 111. The first-order valence-electron chi connectivity index (χ1n) is 44.1. The Labute approximate surface area is 657 Å². The Balaban J connectivity index is -0.000000528. The van der Waals surface area contributed by atoms with E-state index >= 15 is 0 Å². The minimum atomic E-state index is -2.40. The van der Waals surface area contributed by atoms with Gasteiger partial charge in [0.25, 0.3) is 11.8 Å². The van der Waals surface area contributed by atoms with Crippen LogP contribution in [0.3, 0.4) is 0 Å². The van der Waals surface area contributed by atoms with Crippen LogP contribution in [0.25, 0.3) is 0 Å². The Bertz CT molecular complexity index is 1860. The Kier molecular flexibility index (Phi) is 64.3. The van der Waals surface area contributed by atoms with E-state index in [-0.39, 0.29) is 31.1 Å². The molecule has 0 bridgehead atoms. The summed E-state index contributed by atoms with van der Waals surface area (Å²) in [7, 11) is 3.46. The van der Waals surface area contributed by atoms with Crippen LogP contribution in [0.4, 0.5) is 35.1 Å². The number of hydrogen-bond donors (Lipinski definition) is 0. The largest absolute Gasteiger partial charge is 0.385 e. The van der Waals surface area contributed by atoms with Crippen molar-refractivity contribution in [1.82, 2.24) is 0 Å². The zero-order valence-electron chi connectivity index (χ0n) is 75.8. The lowest BCUT2D eigenvalue weighted by Gasteiger charge is -2.35. The van der Waals surface area contributed by atoms with Crippen LogP contribution in [-0.2, 0) is 9.47 Å². The minimum absolute atomic E-state index is 0.130. The van der Waals surface area contributed by atoms with Gasteiger partial charge in [-0.1, -0.05) is 271 Å². The van der Waals surface area contributed by atoms with Crippen molar-refractivity contribution in [2.75, 3.05) is 38.9 Å². The van der Waals surface area contributed by atoms with E-state index in [0.29, 0.717) is 41.9 Å². The molecule has 0 N–H and O–H groups in total. The lowest BCUT2D eigenvalue weighted by Crippen LogP contribution is -2.37. The molecule has 0 aromatic rings. The summed E-state index contributed by atoms with van der Waals surface area (Å²) in [5.41, 5.74) is -0.712. The molecule has 1 aliphatic heterocycles. The van der Waals surface area contributed by atoms with Gasteiger partial charge < -0.3 is 9.47 Å². The lowest BCUT2D eigenvalue weighted by molar-refractivity contribution is -0.122. The number of hydrogen-bond acceptors (Lipinski definition) is 3. The van der Waals surface area contributed by atoms with Crippen LogP contribution in [0.5, 0.6) is 0 Å². The van der Waals surface area contributed by atoms with E-state index in [1.54, 1.807) is 28.1 Å². The molecule has 0 radical (unpaired) electrons. The second kappa shape index (κ2) is 61.0. The molecule has 0 aromatic carbocycles. The summed E-state index contributed by atoms with van der Waals surface area (Å²) in [4.78, 5) is 0. The van der Waals surface area contributed by atoms with E-state index in [0.717, 1.165) is 148 Å². The van der Waals surface area contributed by atoms with Crippen molar-refractivity contribution in [2.45, 2.75) is 435 Å². The van der Waals surface area contributed by atoms with Gasteiger partial charge in [-0.3, -0.25) is 0 Å². The average molecular weight is 1530 g/mol. The zero-order chi connectivity index (χ0) is 82.0. The summed E-state index contributed by atoms with van der Waals surface area (Å²) in [5.74, 6) is 7.05. The van der Waals surface area contributed by atoms with Crippen LogP contribution in [0.1, 0.15) is 406 Å². The monoisotopic (exact) mass is 1530 g/mol. The maximum atomic E-state index is 13.2. The van der Waals surface area contributed by atoms with Crippen LogP contribution in [0, 0.1) is 118 Å². The number of rotatable bonds is 28. The topological polar surface area (TPSA) is 18.5 Å². The van der Waals surface area contributed by atoms with E-state index < -0.39 is 35.0 Å². The van der Waals surface area contributed by atoms with Crippen LogP contribution >= 0.6 is 11.8 Å². The molecule has 2 atom stereocenters. The molecule has 0 aromatic heterocycles. The van der Waals surface area contributed by atoms with Crippen molar-refractivity contribution in [3.05, 3.63) is 12.2 Å². The second-order valence-electron chi connectivity index (χ2n) is 39.9. The summed E-state index contributed by atoms with van der Waals surface area (Å²) in [6, 6.07) is 0. The van der Waals surface area contributed by atoms with Gasteiger partial charge in [-0.2, -0.15) is 11.8 Å². The summed E-state index contributed by atoms with van der Waals surface area (Å²) in [6.07, 6.45) is 39.0. The lowest BCUT2D eigenvalue weighted by atomic mass is 9.77. The summed E-state index contributed by atoms with van der Waals surface area (Å²) in [6.45, 7) is 64.4. The maximum absolute atomic E-state index is 13.2. The molecule has 11 heteroatoms. The molecule has 2 nitrogen and oxygen atoms in total. The van der Waals surface area contributed by atoms with Gasteiger partial charge in [-0.25, -0.2) is 35.1 Å². The first-order valence-corrected chi connectivity index (χ1v) is 45.3. The molecule has 9 aliphatic rings. The predicted octanol–water partition coefficient (Wildman–Crippen LogP) is 33.6. The zero-order valence-corrected chi connectivity index (χ0v) is 76.6. The van der Waals surface area contributed by atoms with Gasteiger partial charge in [0, 0.05) is 64.4 Å². The molecule has 9 rings (SSSR count). The van der Waals surface area contributed by atoms with Gasteiger partial charge in [0.15, 0.2) is 0 Å². The predicted molar refractivity (Wildman–Crippen MR) is 454 cm³/mol. The molecule has 8 fully saturated rings. The van der Waals surface area contributed by atoms with E-state index in [2.05, 4.69) is 197 Å². The summed E-state index contributed by atoms with van der Waals surface area (Å²) >= 11 is 2.09. The number of allylic oxidation sites excluding steroid dienone is 2. The molecule has 636 valence electrons. The van der Waals surface area contributed by atoms with Gasteiger partial charge in [0.2, 0.25) is 5.92 Å². The Morgan fingerprint density at radius 1 is 0.429 bits per heavy atom. The molecule has 0 amide bonds. The molecule has 1 saturated heterocycles. The van der Waals surface area contributed by atoms with Crippen molar-refractivity contribution in [2.24, 2.45) is 118 Å².